The van der Waals surface area contributed by atoms with E-state index in [1.165, 1.54) is 12.1 Å². The lowest BCUT2D eigenvalue weighted by Gasteiger charge is -2.16. The number of para-hydroxylation sites is 1. The monoisotopic (exact) mass is 314 g/mol. The number of ether oxygens (including phenoxy) is 1. The number of hydrogen-bond donors (Lipinski definition) is 1. The Morgan fingerprint density at radius 3 is 2.48 bits per heavy atom. The average molecular weight is 314 g/mol. The van der Waals surface area contributed by atoms with E-state index in [0.29, 0.717) is 11.3 Å². The zero-order valence-electron chi connectivity index (χ0n) is 13.2. The van der Waals surface area contributed by atoms with Gasteiger partial charge in [-0.2, -0.15) is 0 Å². The molecule has 0 bridgehead atoms. The van der Waals surface area contributed by atoms with Crippen molar-refractivity contribution in [1.29, 1.82) is 0 Å². The van der Waals surface area contributed by atoms with E-state index in [2.05, 4.69) is 5.32 Å². The van der Waals surface area contributed by atoms with E-state index in [4.69, 9.17) is 4.74 Å². The highest BCUT2D eigenvalue weighted by Gasteiger charge is 2.17. The van der Waals surface area contributed by atoms with Crippen molar-refractivity contribution in [2.45, 2.75) is 26.9 Å². The molecular formula is C17H18N2O4. The largest absolute Gasteiger partial charge is 0.481 e. The summed E-state index contributed by atoms with van der Waals surface area (Å²) < 4.78 is 5.57. The van der Waals surface area contributed by atoms with Gasteiger partial charge in [0.05, 0.1) is 4.92 Å². The van der Waals surface area contributed by atoms with Crippen LogP contribution in [0.1, 0.15) is 18.1 Å². The minimum atomic E-state index is -0.726. The zero-order chi connectivity index (χ0) is 17.0. The van der Waals surface area contributed by atoms with Gasteiger partial charge in [-0.1, -0.05) is 18.2 Å². The standard InChI is InChI=1S/C17H18N2O4/c1-11-6-4-5-7-15(11)18-17(20)13(3)23-14-8-9-16(19(21)22)12(2)10-14/h4-10,13H,1-3H3,(H,18,20)/t13-/m1/s1. The van der Waals surface area contributed by atoms with E-state index in [1.807, 2.05) is 31.2 Å². The summed E-state index contributed by atoms with van der Waals surface area (Å²) in [4.78, 5) is 22.5. The van der Waals surface area contributed by atoms with Crippen LogP contribution in [0.3, 0.4) is 0 Å². The third kappa shape index (κ3) is 4.06. The topological polar surface area (TPSA) is 81.5 Å². The number of nitrogens with zero attached hydrogens (tertiary/aromatic N) is 1. The molecule has 120 valence electrons. The molecule has 2 rings (SSSR count). The van der Waals surface area contributed by atoms with Crippen LogP contribution in [0.25, 0.3) is 0 Å². The van der Waals surface area contributed by atoms with Crippen molar-refractivity contribution in [2.75, 3.05) is 5.32 Å². The molecule has 1 N–H and O–H groups in total. The van der Waals surface area contributed by atoms with Crippen molar-refractivity contribution in [3.8, 4) is 5.75 Å². The lowest BCUT2D eigenvalue weighted by Crippen LogP contribution is -2.30. The maximum Gasteiger partial charge on any atom is 0.272 e. The number of hydrogen-bond acceptors (Lipinski definition) is 4. The first-order chi connectivity index (χ1) is 10.9. The highest BCUT2D eigenvalue weighted by atomic mass is 16.6. The molecule has 1 atom stereocenters. The summed E-state index contributed by atoms with van der Waals surface area (Å²) in [5, 5.41) is 13.6. The summed E-state index contributed by atoms with van der Waals surface area (Å²) in [6.07, 6.45) is -0.726. The molecule has 0 aliphatic carbocycles. The molecule has 0 unspecified atom stereocenters. The molecule has 0 radical (unpaired) electrons. The summed E-state index contributed by atoms with van der Waals surface area (Å²) in [5.74, 6) is 0.135. The molecule has 0 spiro atoms. The van der Waals surface area contributed by atoms with Crippen LogP contribution in [-0.4, -0.2) is 16.9 Å². The average Bonchev–Trinajstić information content (AvgIpc) is 2.49. The van der Waals surface area contributed by atoms with Gasteiger partial charge < -0.3 is 10.1 Å². The van der Waals surface area contributed by atoms with Gasteiger partial charge in [0.2, 0.25) is 0 Å². The lowest BCUT2D eigenvalue weighted by molar-refractivity contribution is -0.385. The fourth-order valence-electron chi connectivity index (χ4n) is 2.11. The molecule has 0 aromatic heterocycles. The molecule has 0 aliphatic rings. The summed E-state index contributed by atoms with van der Waals surface area (Å²) >= 11 is 0. The van der Waals surface area contributed by atoms with Crippen LogP contribution in [0.2, 0.25) is 0 Å². The van der Waals surface area contributed by atoms with Crippen molar-refractivity contribution >= 4 is 17.3 Å². The molecule has 23 heavy (non-hydrogen) atoms. The van der Waals surface area contributed by atoms with Gasteiger partial charge in [0.25, 0.3) is 11.6 Å². The van der Waals surface area contributed by atoms with Gasteiger partial charge in [0.1, 0.15) is 5.75 Å². The molecule has 2 aromatic carbocycles. The first-order valence-electron chi connectivity index (χ1n) is 7.16. The van der Waals surface area contributed by atoms with Crippen LogP contribution in [0.4, 0.5) is 11.4 Å². The Kier molecular flexibility index (Phi) is 4.95. The van der Waals surface area contributed by atoms with Crippen LogP contribution in [-0.2, 0) is 4.79 Å². The molecule has 1 amide bonds. The summed E-state index contributed by atoms with van der Waals surface area (Å²) in [7, 11) is 0. The van der Waals surface area contributed by atoms with Gasteiger partial charge in [-0.25, -0.2) is 0 Å². The van der Waals surface area contributed by atoms with Crippen molar-refractivity contribution in [3.63, 3.8) is 0 Å². The Morgan fingerprint density at radius 1 is 1.17 bits per heavy atom. The second-order valence-electron chi connectivity index (χ2n) is 5.27. The Morgan fingerprint density at radius 2 is 1.87 bits per heavy atom. The number of carbonyl (C=O) groups is 1. The van der Waals surface area contributed by atoms with Gasteiger partial charge in [0, 0.05) is 17.3 Å². The summed E-state index contributed by atoms with van der Waals surface area (Å²) in [6.45, 7) is 5.16. The first kappa shape index (κ1) is 16.5. The fourth-order valence-corrected chi connectivity index (χ4v) is 2.11. The first-order valence-corrected chi connectivity index (χ1v) is 7.16. The molecule has 0 aliphatic heterocycles. The molecule has 0 fully saturated rings. The molecule has 6 heteroatoms. The molecule has 0 heterocycles. The Bertz CT molecular complexity index is 743. The van der Waals surface area contributed by atoms with Crippen molar-refractivity contribution in [3.05, 3.63) is 63.7 Å². The third-order valence-corrected chi connectivity index (χ3v) is 3.45. The van der Waals surface area contributed by atoms with Crippen molar-refractivity contribution < 1.29 is 14.5 Å². The van der Waals surface area contributed by atoms with E-state index in [0.717, 1.165) is 11.3 Å². The number of nitro groups is 1. The third-order valence-electron chi connectivity index (χ3n) is 3.45. The highest BCUT2D eigenvalue weighted by Crippen LogP contribution is 2.24. The SMILES string of the molecule is Cc1ccccc1NC(=O)[C@@H](C)Oc1ccc([N+](=O)[O-])c(C)c1. The maximum absolute atomic E-state index is 12.2. The number of rotatable bonds is 5. The Labute approximate surface area is 134 Å². The van der Waals surface area contributed by atoms with E-state index in [1.54, 1.807) is 19.9 Å². The van der Waals surface area contributed by atoms with Crippen molar-refractivity contribution in [2.24, 2.45) is 0 Å². The fraction of sp³-hybridized carbons (Fsp3) is 0.235. The predicted octanol–water partition coefficient (Wildman–Crippen LogP) is 3.62. The number of nitrogens with one attached hydrogen (secondary N) is 1. The molecular weight excluding hydrogens is 296 g/mol. The number of anilines is 1. The second-order valence-corrected chi connectivity index (χ2v) is 5.27. The van der Waals surface area contributed by atoms with Crippen LogP contribution in [0.5, 0.6) is 5.75 Å². The maximum atomic E-state index is 12.2. The van der Waals surface area contributed by atoms with E-state index in [-0.39, 0.29) is 11.6 Å². The second kappa shape index (κ2) is 6.91. The van der Waals surface area contributed by atoms with Crippen molar-refractivity contribution in [1.82, 2.24) is 0 Å². The summed E-state index contributed by atoms with van der Waals surface area (Å²) in [6, 6.07) is 11.9. The van der Waals surface area contributed by atoms with Crippen LogP contribution >= 0.6 is 0 Å². The van der Waals surface area contributed by atoms with E-state index in [9.17, 15) is 14.9 Å². The van der Waals surface area contributed by atoms with Crippen LogP contribution in [0, 0.1) is 24.0 Å². The Hall–Kier alpha value is -2.89. The normalized spacial score (nSPS) is 11.6. The van der Waals surface area contributed by atoms with Gasteiger partial charge in [-0.15, -0.1) is 0 Å². The van der Waals surface area contributed by atoms with E-state index >= 15 is 0 Å². The van der Waals surface area contributed by atoms with Crippen LogP contribution in [0.15, 0.2) is 42.5 Å². The minimum absolute atomic E-state index is 0.0226. The molecule has 6 nitrogen and oxygen atoms in total. The highest BCUT2D eigenvalue weighted by molar-refractivity contribution is 5.94. The zero-order valence-corrected chi connectivity index (χ0v) is 13.2. The summed E-state index contributed by atoms with van der Waals surface area (Å²) in [5.41, 5.74) is 2.19. The Balaban J connectivity index is 2.05. The van der Waals surface area contributed by atoms with Gasteiger partial charge in [0.15, 0.2) is 6.10 Å². The number of nitro benzene ring substituents is 1. The molecule has 2 aromatic rings. The van der Waals surface area contributed by atoms with Crippen LogP contribution < -0.4 is 10.1 Å². The predicted molar refractivity (Wildman–Crippen MR) is 87.7 cm³/mol. The van der Waals surface area contributed by atoms with E-state index < -0.39 is 11.0 Å². The lowest BCUT2D eigenvalue weighted by atomic mass is 10.2. The smallest absolute Gasteiger partial charge is 0.272 e. The molecule has 0 saturated carbocycles. The number of carbonyl (C=O) groups excluding carboxylic acids is 1. The minimum Gasteiger partial charge on any atom is -0.481 e. The number of aryl methyl sites for hydroxylation is 2. The van der Waals surface area contributed by atoms with Gasteiger partial charge in [-0.3, -0.25) is 14.9 Å². The molecule has 0 saturated heterocycles. The number of benzene rings is 2. The van der Waals surface area contributed by atoms with Gasteiger partial charge >= 0.3 is 0 Å². The van der Waals surface area contributed by atoms with Gasteiger partial charge in [-0.05, 0) is 44.5 Å². The quantitative estimate of drug-likeness (QED) is 0.675. The number of amides is 1.